The van der Waals surface area contributed by atoms with E-state index in [1.165, 1.54) is 4.90 Å². The van der Waals surface area contributed by atoms with Crippen molar-refractivity contribution in [2.75, 3.05) is 16.8 Å². The molecule has 0 aromatic heterocycles. The second-order valence-electron chi connectivity index (χ2n) is 9.12. The van der Waals surface area contributed by atoms with Gasteiger partial charge in [0, 0.05) is 22.3 Å². The molecular weight excluding hydrogens is 414 g/mol. The third-order valence-electron chi connectivity index (χ3n) is 7.56. The van der Waals surface area contributed by atoms with E-state index in [-0.39, 0.29) is 23.8 Å². The average Bonchev–Trinajstić information content (AvgIpc) is 3.43. The molecule has 0 unspecified atom stereocenters. The molecule has 2 aromatic carbocycles. The number of aryl methyl sites for hydroxylation is 2. The zero-order chi connectivity index (χ0) is 21.7. The number of hydrogen-bond acceptors (Lipinski definition) is 4. The molecule has 3 amide bonds. The molecule has 6 rings (SSSR count). The van der Waals surface area contributed by atoms with Crippen LogP contribution in [0.1, 0.15) is 29.5 Å². The number of fused-ring (bicyclic) bond motifs is 7. The Labute approximate surface area is 185 Å². The van der Waals surface area contributed by atoms with Crippen molar-refractivity contribution in [3.05, 3.63) is 58.1 Å². The predicted octanol–water partition coefficient (Wildman–Crippen LogP) is 3.39. The van der Waals surface area contributed by atoms with E-state index in [1.54, 1.807) is 12.1 Å². The van der Waals surface area contributed by atoms with Crippen molar-refractivity contribution in [3.8, 4) is 0 Å². The standard InChI is InChI=1S/C24H22ClN3O3/c1-12-5-8-16-15(10-12)24(23(31)26-16)20-19(17-4-3-9-27(17)24)21(29)28(22(20)30)18-11-14(25)7-6-13(18)2/h5-8,10-11,17,19-20H,3-4,9H2,1-2H3,(H,26,31)/t17-,19-,20-,24-/m1/s1. The molecule has 3 saturated heterocycles. The first-order valence-electron chi connectivity index (χ1n) is 10.7. The molecular formula is C24H22ClN3O3. The van der Waals surface area contributed by atoms with Gasteiger partial charge in [0.15, 0.2) is 0 Å². The van der Waals surface area contributed by atoms with Gasteiger partial charge in [-0.3, -0.25) is 19.3 Å². The number of halogens is 1. The molecule has 0 saturated carbocycles. The van der Waals surface area contributed by atoms with E-state index < -0.39 is 17.4 Å². The summed E-state index contributed by atoms with van der Waals surface area (Å²) < 4.78 is 0. The van der Waals surface area contributed by atoms with E-state index in [9.17, 15) is 14.4 Å². The van der Waals surface area contributed by atoms with E-state index in [2.05, 4.69) is 10.2 Å². The second kappa shape index (κ2) is 6.17. The van der Waals surface area contributed by atoms with Gasteiger partial charge >= 0.3 is 0 Å². The Morgan fingerprint density at radius 2 is 1.87 bits per heavy atom. The summed E-state index contributed by atoms with van der Waals surface area (Å²) in [5.74, 6) is -2.00. The molecule has 3 fully saturated rings. The molecule has 158 valence electrons. The summed E-state index contributed by atoms with van der Waals surface area (Å²) in [6.45, 7) is 4.54. The molecule has 6 nitrogen and oxygen atoms in total. The molecule has 4 aliphatic heterocycles. The van der Waals surface area contributed by atoms with Crippen molar-refractivity contribution in [3.63, 3.8) is 0 Å². The fourth-order valence-electron chi connectivity index (χ4n) is 6.38. The number of nitrogens with one attached hydrogen (secondary N) is 1. The van der Waals surface area contributed by atoms with E-state index in [0.29, 0.717) is 17.3 Å². The fraction of sp³-hybridized carbons (Fsp3) is 0.375. The Morgan fingerprint density at radius 1 is 1.06 bits per heavy atom. The van der Waals surface area contributed by atoms with Crippen LogP contribution in [0.2, 0.25) is 5.02 Å². The summed E-state index contributed by atoms with van der Waals surface area (Å²) >= 11 is 6.21. The first-order valence-corrected chi connectivity index (χ1v) is 11.1. The average molecular weight is 436 g/mol. The highest BCUT2D eigenvalue weighted by Gasteiger charge is 2.74. The predicted molar refractivity (Wildman–Crippen MR) is 117 cm³/mol. The Kier molecular flexibility index (Phi) is 3.79. The van der Waals surface area contributed by atoms with Crippen molar-refractivity contribution in [2.24, 2.45) is 11.8 Å². The number of benzene rings is 2. The summed E-state index contributed by atoms with van der Waals surface area (Å²) in [6.07, 6.45) is 1.71. The number of anilines is 2. The normalized spacial score (nSPS) is 31.4. The zero-order valence-electron chi connectivity index (χ0n) is 17.3. The van der Waals surface area contributed by atoms with Gasteiger partial charge in [-0.05, 0) is 57.0 Å². The van der Waals surface area contributed by atoms with Crippen LogP contribution >= 0.6 is 11.6 Å². The molecule has 0 aliphatic carbocycles. The molecule has 31 heavy (non-hydrogen) atoms. The molecule has 7 heteroatoms. The lowest BCUT2D eigenvalue weighted by Gasteiger charge is -2.37. The van der Waals surface area contributed by atoms with Crippen LogP contribution in [-0.4, -0.2) is 35.2 Å². The quantitative estimate of drug-likeness (QED) is 0.697. The third kappa shape index (κ3) is 2.19. The Balaban J connectivity index is 1.58. The van der Waals surface area contributed by atoms with Gasteiger partial charge in [-0.1, -0.05) is 35.4 Å². The van der Waals surface area contributed by atoms with Crippen LogP contribution < -0.4 is 10.2 Å². The number of carbonyl (C=O) groups excluding carboxylic acids is 3. The zero-order valence-corrected chi connectivity index (χ0v) is 18.1. The van der Waals surface area contributed by atoms with E-state index >= 15 is 0 Å². The molecule has 0 radical (unpaired) electrons. The lowest BCUT2D eigenvalue weighted by molar-refractivity contribution is -0.135. The highest BCUT2D eigenvalue weighted by atomic mass is 35.5. The Bertz CT molecular complexity index is 1190. The summed E-state index contributed by atoms with van der Waals surface area (Å²) in [7, 11) is 0. The summed E-state index contributed by atoms with van der Waals surface area (Å²) in [4.78, 5) is 44.7. The van der Waals surface area contributed by atoms with Crippen LogP contribution in [0.25, 0.3) is 0 Å². The number of imide groups is 1. The van der Waals surface area contributed by atoms with Gasteiger partial charge in [0.1, 0.15) is 5.54 Å². The van der Waals surface area contributed by atoms with Crippen molar-refractivity contribution in [1.82, 2.24) is 4.90 Å². The van der Waals surface area contributed by atoms with E-state index in [0.717, 1.165) is 35.2 Å². The monoisotopic (exact) mass is 435 g/mol. The number of carbonyl (C=O) groups is 3. The maximum Gasteiger partial charge on any atom is 0.250 e. The third-order valence-corrected chi connectivity index (χ3v) is 7.80. The molecule has 2 aromatic rings. The van der Waals surface area contributed by atoms with Crippen LogP contribution in [0.5, 0.6) is 0 Å². The smallest absolute Gasteiger partial charge is 0.250 e. The Hall–Kier alpha value is -2.70. The van der Waals surface area contributed by atoms with Gasteiger partial charge in [0.2, 0.25) is 17.7 Å². The van der Waals surface area contributed by atoms with Crippen LogP contribution in [0.15, 0.2) is 36.4 Å². The molecule has 4 heterocycles. The minimum absolute atomic E-state index is 0.122. The van der Waals surface area contributed by atoms with Crippen molar-refractivity contribution >= 4 is 40.7 Å². The number of nitrogens with zero attached hydrogens (tertiary/aromatic N) is 2. The van der Waals surface area contributed by atoms with Gasteiger partial charge in [0.25, 0.3) is 0 Å². The summed E-state index contributed by atoms with van der Waals surface area (Å²) in [5, 5.41) is 3.48. The SMILES string of the molecule is Cc1ccc2c(c1)[C@]1(C(=O)N2)[C@H]2C(=O)N(c3cc(Cl)ccc3C)C(=O)[C@@H]2[C@H]2CCCN21. The number of amides is 3. The topological polar surface area (TPSA) is 69.7 Å². The summed E-state index contributed by atoms with van der Waals surface area (Å²) in [5.41, 5.74) is 2.76. The number of rotatable bonds is 1. The van der Waals surface area contributed by atoms with E-state index in [1.807, 2.05) is 38.1 Å². The minimum atomic E-state index is -1.14. The van der Waals surface area contributed by atoms with Gasteiger partial charge in [-0.15, -0.1) is 0 Å². The molecule has 1 spiro atoms. The van der Waals surface area contributed by atoms with Gasteiger partial charge in [-0.25, -0.2) is 4.90 Å². The number of hydrogen-bond donors (Lipinski definition) is 1. The molecule has 0 bridgehead atoms. The lowest BCUT2D eigenvalue weighted by Crippen LogP contribution is -2.54. The fourth-order valence-corrected chi connectivity index (χ4v) is 6.54. The lowest BCUT2D eigenvalue weighted by atomic mass is 9.75. The largest absolute Gasteiger partial charge is 0.324 e. The summed E-state index contributed by atoms with van der Waals surface area (Å²) in [6, 6.07) is 10.9. The highest BCUT2D eigenvalue weighted by molar-refractivity contribution is 6.32. The maximum absolute atomic E-state index is 13.9. The maximum atomic E-state index is 13.9. The van der Waals surface area contributed by atoms with Crippen molar-refractivity contribution in [2.45, 2.75) is 38.3 Å². The van der Waals surface area contributed by atoms with Gasteiger partial charge < -0.3 is 5.32 Å². The highest BCUT2D eigenvalue weighted by Crippen LogP contribution is 2.60. The van der Waals surface area contributed by atoms with E-state index in [4.69, 9.17) is 11.6 Å². The van der Waals surface area contributed by atoms with Gasteiger partial charge in [-0.2, -0.15) is 0 Å². The van der Waals surface area contributed by atoms with Crippen LogP contribution in [0.4, 0.5) is 11.4 Å². The first-order chi connectivity index (χ1) is 14.9. The van der Waals surface area contributed by atoms with Crippen LogP contribution in [-0.2, 0) is 19.9 Å². The Morgan fingerprint density at radius 3 is 2.68 bits per heavy atom. The minimum Gasteiger partial charge on any atom is -0.324 e. The van der Waals surface area contributed by atoms with Crippen molar-refractivity contribution < 1.29 is 14.4 Å². The second-order valence-corrected chi connectivity index (χ2v) is 9.56. The molecule has 1 N–H and O–H groups in total. The van der Waals surface area contributed by atoms with Gasteiger partial charge in [0.05, 0.1) is 17.5 Å². The first kappa shape index (κ1) is 19.0. The van der Waals surface area contributed by atoms with Crippen molar-refractivity contribution in [1.29, 1.82) is 0 Å². The van der Waals surface area contributed by atoms with Crippen LogP contribution in [0, 0.1) is 25.7 Å². The van der Waals surface area contributed by atoms with Crippen LogP contribution in [0.3, 0.4) is 0 Å². The molecule has 4 atom stereocenters. The molecule has 4 aliphatic rings.